The van der Waals surface area contributed by atoms with Gasteiger partial charge in [-0.2, -0.15) is 0 Å². The van der Waals surface area contributed by atoms with Gasteiger partial charge < -0.3 is 20.5 Å². The number of rotatable bonds is 6. The zero-order valence-corrected chi connectivity index (χ0v) is 14.1. The van der Waals surface area contributed by atoms with Gasteiger partial charge in [0.15, 0.2) is 0 Å². The third-order valence-electron chi connectivity index (χ3n) is 3.45. The second-order valence-corrected chi connectivity index (χ2v) is 5.12. The highest BCUT2D eigenvalue weighted by Gasteiger charge is 2.08. The largest absolute Gasteiger partial charge is 0.497 e. The lowest BCUT2D eigenvalue weighted by atomic mass is 10.1. The van der Waals surface area contributed by atoms with E-state index in [4.69, 9.17) is 15.2 Å². The molecule has 0 bridgehead atoms. The van der Waals surface area contributed by atoms with Crippen molar-refractivity contribution in [1.29, 1.82) is 0 Å². The van der Waals surface area contributed by atoms with Gasteiger partial charge in [-0.3, -0.25) is 5.32 Å². The van der Waals surface area contributed by atoms with Crippen LogP contribution in [0.4, 0.5) is 22.1 Å². The highest BCUT2D eigenvalue weighted by molar-refractivity contribution is 5.88. The highest BCUT2D eigenvalue weighted by atomic mass is 16.5. The first kappa shape index (κ1) is 17.4. The lowest BCUT2D eigenvalue weighted by molar-refractivity contribution is 0.168. The number of pyridine rings is 1. The molecule has 2 rings (SSSR count). The van der Waals surface area contributed by atoms with Gasteiger partial charge >= 0.3 is 6.09 Å². The Balaban J connectivity index is 2.01. The molecule has 0 saturated heterocycles. The maximum atomic E-state index is 11.4. The van der Waals surface area contributed by atoms with Gasteiger partial charge in [-0.1, -0.05) is 6.07 Å². The van der Waals surface area contributed by atoms with Crippen LogP contribution < -0.4 is 21.1 Å². The number of aryl methyl sites for hydroxylation is 1. The molecule has 2 aromatic rings. The molecule has 0 aliphatic heterocycles. The van der Waals surface area contributed by atoms with Crippen LogP contribution in [0, 0.1) is 6.92 Å². The molecule has 1 aromatic carbocycles. The van der Waals surface area contributed by atoms with Crippen molar-refractivity contribution in [3.63, 3.8) is 0 Å². The average molecular weight is 330 g/mol. The van der Waals surface area contributed by atoms with E-state index in [-0.39, 0.29) is 5.82 Å². The van der Waals surface area contributed by atoms with Gasteiger partial charge in [0.1, 0.15) is 17.4 Å². The van der Waals surface area contributed by atoms with Crippen LogP contribution in [-0.4, -0.2) is 24.8 Å². The number of anilines is 3. The number of methoxy groups -OCH3 is 1. The lowest BCUT2D eigenvalue weighted by Gasteiger charge is -2.12. The molecule has 24 heavy (non-hydrogen) atoms. The average Bonchev–Trinajstić information content (AvgIpc) is 2.56. The van der Waals surface area contributed by atoms with Crippen LogP contribution >= 0.6 is 0 Å². The molecule has 1 heterocycles. The summed E-state index contributed by atoms with van der Waals surface area (Å²) in [6.45, 7) is 4.65. The minimum Gasteiger partial charge on any atom is -0.497 e. The monoisotopic (exact) mass is 330 g/mol. The summed E-state index contributed by atoms with van der Waals surface area (Å²) in [5.74, 6) is 1.67. The Morgan fingerprint density at radius 3 is 2.71 bits per heavy atom. The molecule has 4 N–H and O–H groups in total. The molecule has 1 aromatic heterocycles. The van der Waals surface area contributed by atoms with Gasteiger partial charge in [-0.25, -0.2) is 9.78 Å². The van der Waals surface area contributed by atoms with Crippen molar-refractivity contribution >= 4 is 23.4 Å². The molecule has 0 atom stereocenters. The van der Waals surface area contributed by atoms with Crippen LogP contribution in [0.3, 0.4) is 0 Å². The summed E-state index contributed by atoms with van der Waals surface area (Å²) in [7, 11) is 1.64. The van der Waals surface area contributed by atoms with Crippen LogP contribution in [-0.2, 0) is 11.3 Å². The van der Waals surface area contributed by atoms with E-state index in [0.29, 0.717) is 24.7 Å². The summed E-state index contributed by atoms with van der Waals surface area (Å²) in [6, 6.07) is 9.32. The van der Waals surface area contributed by atoms with Gasteiger partial charge in [-0.05, 0) is 49.2 Å². The van der Waals surface area contributed by atoms with Crippen molar-refractivity contribution in [2.75, 3.05) is 30.1 Å². The smallest absolute Gasteiger partial charge is 0.411 e. The predicted molar refractivity (Wildman–Crippen MR) is 94.4 cm³/mol. The van der Waals surface area contributed by atoms with Gasteiger partial charge in [0.2, 0.25) is 0 Å². The second-order valence-electron chi connectivity index (χ2n) is 5.12. The summed E-state index contributed by atoms with van der Waals surface area (Å²) in [5.41, 5.74) is 8.53. The van der Waals surface area contributed by atoms with E-state index in [0.717, 1.165) is 16.9 Å². The Bertz CT molecular complexity index is 719. The van der Waals surface area contributed by atoms with E-state index in [1.807, 2.05) is 25.1 Å². The second kappa shape index (κ2) is 8.05. The molecule has 0 unspecified atom stereocenters. The van der Waals surface area contributed by atoms with E-state index in [2.05, 4.69) is 15.6 Å². The molecule has 0 saturated carbocycles. The fourth-order valence-corrected chi connectivity index (χ4v) is 2.14. The highest BCUT2D eigenvalue weighted by Crippen LogP contribution is 2.21. The number of amides is 1. The first-order valence-electron chi connectivity index (χ1n) is 7.61. The van der Waals surface area contributed by atoms with E-state index < -0.39 is 6.09 Å². The summed E-state index contributed by atoms with van der Waals surface area (Å²) in [4.78, 5) is 15.6. The molecule has 7 nitrogen and oxygen atoms in total. The molecule has 0 aliphatic carbocycles. The third-order valence-corrected chi connectivity index (χ3v) is 3.45. The minimum atomic E-state index is -0.555. The maximum Gasteiger partial charge on any atom is 0.411 e. The maximum absolute atomic E-state index is 11.4. The SMILES string of the molecule is CCOC(=O)Nc1ccc(NCc2ccc(OC)cc2C)nc1N. The van der Waals surface area contributed by atoms with Crippen molar-refractivity contribution in [3.05, 3.63) is 41.5 Å². The van der Waals surface area contributed by atoms with E-state index in [9.17, 15) is 4.79 Å². The number of nitrogens with one attached hydrogen (secondary N) is 2. The Morgan fingerprint density at radius 1 is 1.29 bits per heavy atom. The molecule has 128 valence electrons. The van der Waals surface area contributed by atoms with E-state index >= 15 is 0 Å². The molecular formula is C17H22N4O3. The van der Waals surface area contributed by atoms with Crippen molar-refractivity contribution in [3.8, 4) is 5.75 Å². The number of nitrogen functional groups attached to an aromatic ring is 1. The molecular weight excluding hydrogens is 308 g/mol. The third kappa shape index (κ3) is 4.52. The van der Waals surface area contributed by atoms with Crippen LogP contribution in [0.2, 0.25) is 0 Å². The zero-order chi connectivity index (χ0) is 17.5. The Morgan fingerprint density at radius 2 is 2.08 bits per heavy atom. The first-order valence-corrected chi connectivity index (χ1v) is 7.61. The minimum absolute atomic E-state index is 0.222. The lowest BCUT2D eigenvalue weighted by Crippen LogP contribution is -2.15. The molecule has 0 fully saturated rings. The summed E-state index contributed by atoms with van der Waals surface area (Å²) < 4.78 is 10.0. The summed E-state index contributed by atoms with van der Waals surface area (Å²) in [5, 5.41) is 5.75. The zero-order valence-electron chi connectivity index (χ0n) is 14.1. The van der Waals surface area contributed by atoms with E-state index in [1.54, 1.807) is 26.2 Å². The number of ether oxygens (including phenoxy) is 2. The molecule has 0 spiro atoms. The number of nitrogens with two attached hydrogens (primary N) is 1. The molecule has 1 amide bonds. The van der Waals surface area contributed by atoms with E-state index in [1.165, 1.54) is 0 Å². The number of carbonyl (C=O) groups excluding carboxylic acids is 1. The Labute approximate surface area is 141 Å². The van der Waals surface area contributed by atoms with Crippen molar-refractivity contribution in [2.45, 2.75) is 20.4 Å². The number of benzene rings is 1. The standard InChI is InChI=1S/C17H22N4O3/c1-4-24-17(22)20-14-7-8-15(21-16(14)18)19-10-12-5-6-13(23-3)9-11(12)2/h5-9H,4,10H2,1-3H3,(H,20,22)(H3,18,19,21). The fraction of sp³-hybridized carbons (Fsp3) is 0.294. The van der Waals surface area contributed by atoms with Gasteiger partial charge in [0, 0.05) is 6.54 Å². The first-order chi connectivity index (χ1) is 11.5. The van der Waals surface area contributed by atoms with Gasteiger partial charge in [-0.15, -0.1) is 0 Å². The van der Waals surface area contributed by atoms with Gasteiger partial charge in [0.25, 0.3) is 0 Å². The van der Waals surface area contributed by atoms with Gasteiger partial charge in [0.05, 0.1) is 19.4 Å². The number of nitrogens with zero attached hydrogens (tertiary/aromatic N) is 1. The quantitative estimate of drug-likeness (QED) is 0.752. The number of hydrogen-bond acceptors (Lipinski definition) is 6. The molecule has 0 radical (unpaired) electrons. The summed E-state index contributed by atoms with van der Waals surface area (Å²) in [6.07, 6.45) is -0.555. The van der Waals surface area contributed by atoms with Crippen LogP contribution in [0.15, 0.2) is 30.3 Å². The van der Waals surface area contributed by atoms with Crippen LogP contribution in [0.5, 0.6) is 5.75 Å². The Hall–Kier alpha value is -2.96. The number of carbonyl (C=O) groups is 1. The number of aromatic nitrogens is 1. The topological polar surface area (TPSA) is 98.5 Å². The van der Waals surface area contributed by atoms with Crippen LogP contribution in [0.1, 0.15) is 18.1 Å². The van der Waals surface area contributed by atoms with Crippen LogP contribution in [0.25, 0.3) is 0 Å². The van der Waals surface area contributed by atoms with Crippen molar-refractivity contribution in [1.82, 2.24) is 4.98 Å². The summed E-state index contributed by atoms with van der Waals surface area (Å²) >= 11 is 0. The fourth-order valence-electron chi connectivity index (χ4n) is 2.14. The van der Waals surface area contributed by atoms with Crippen molar-refractivity contribution < 1.29 is 14.3 Å². The predicted octanol–water partition coefficient (Wildman–Crippen LogP) is 3.16. The van der Waals surface area contributed by atoms with Crippen molar-refractivity contribution in [2.24, 2.45) is 0 Å². The Kier molecular flexibility index (Phi) is 5.83. The normalized spacial score (nSPS) is 10.1. The molecule has 7 heteroatoms. The molecule has 0 aliphatic rings. The number of hydrogen-bond donors (Lipinski definition) is 3.